The summed E-state index contributed by atoms with van der Waals surface area (Å²) in [6.07, 6.45) is 2.95. The minimum atomic E-state index is -0.531. The molecule has 0 aliphatic carbocycles. The summed E-state index contributed by atoms with van der Waals surface area (Å²) in [4.78, 5) is 11.9. The van der Waals surface area contributed by atoms with Gasteiger partial charge in [-0.05, 0) is 36.4 Å². The molecule has 0 unspecified atom stereocenters. The molecule has 1 heterocycles. The molecule has 24 heavy (non-hydrogen) atoms. The number of carbonyl (C=O) groups is 1. The number of nitrogens with zero attached hydrogens (tertiary/aromatic N) is 2. The topological polar surface area (TPSA) is 90.4 Å². The summed E-state index contributed by atoms with van der Waals surface area (Å²) < 4.78 is 13.0. The highest BCUT2D eigenvalue weighted by Gasteiger charge is 2.09. The monoisotopic (exact) mass is 324 g/mol. The number of hydrogen-bond donors (Lipinski definition) is 3. The standard InChI is InChI=1S/C17H13FN4O2/c18-13-7-5-11(6-8-13)16-12(9-19-21-16)10-20-22-17(24)14-3-1-2-4-15(14)23/h1-10,23H,(H,19,21)(H,22,24)/b20-10+. The van der Waals surface area contributed by atoms with Crippen LogP contribution >= 0.6 is 0 Å². The second-order valence-electron chi connectivity index (χ2n) is 4.92. The molecule has 0 spiro atoms. The quantitative estimate of drug-likeness (QED) is 0.509. The van der Waals surface area contributed by atoms with E-state index in [2.05, 4.69) is 20.7 Å². The molecule has 3 aromatic rings. The molecule has 0 bridgehead atoms. The molecule has 0 radical (unpaired) electrons. The van der Waals surface area contributed by atoms with E-state index in [-0.39, 0.29) is 17.1 Å². The molecule has 0 saturated heterocycles. The fourth-order valence-electron chi connectivity index (χ4n) is 2.13. The van der Waals surface area contributed by atoms with Gasteiger partial charge in [0, 0.05) is 11.1 Å². The molecular weight excluding hydrogens is 311 g/mol. The molecule has 0 saturated carbocycles. The van der Waals surface area contributed by atoms with Crippen molar-refractivity contribution in [3.63, 3.8) is 0 Å². The summed E-state index contributed by atoms with van der Waals surface area (Å²) in [5, 5.41) is 20.2. The minimum absolute atomic E-state index is 0.125. The third-order valence-electron chi connectivity index (χ3n) is 3.32. The van der Waals surface area contributed by atoms with Crippen molar-refractivity contribution in [2.24, 2.45) is 5.10 Å². The number of aromatic amines is 1. The van der Waals surface area contributed by atoms with E-state index in [9.17, 15) is 14.3 Å². The van der Waals surface area contributed by atoms with Gasteiger partial charge in [-0.15, -0.1) is 0 Å². The lowest BCUT2D eigenvalue weighted by molar-refractivity contribution is 0.0952. The van der Waals surface area contributed by atoms with Crippen LogP contribution in [0.1, 0.15) is 15.9 Å². The van der Waals surface area contributed by atoms with Crippen LogP contribution in [0.15, 0.2) is 59.8 Å². The third-order valence-corrected chi connectivity index (χ3v) is 3.32. The lowest BCUT2D eigenvalue weighted by Gasteiger charge is -2.02. The number of phenolic OH excluding ortho intramolecular Hbond substituents is 1. The molecule has 3 rings (SSSR count). The van der Waals surface area contributed by atoms with Gasteiger partial charge in [0.15, 0.2) is 0 Å². The van der Waals surface area contributed by atoms with Crippen molar-refractivity contribution in [2.75, 3.05) is 0 Å². The van der Waals surface area contributed by atoms with E-state index < -0.39 is 5.91 Å². The molecule has 0 aliphatic rings. The van der Waals surface area contributed by atoms with E-state index in [1.165, 1.54) is 36.7 Å². The lowest BCUT2D eigenvalue weighted by Crippen LogP contribution is -2.17. The van der Waals surface area contributed by atoms with Crippen molar-refractivity contribution < 1.29 is 14.3 Å². The van der Waals surface area contributed by atoms with Crippen molar-refractivity contribution in [3.05, 3.63) is 71.7 Å². The molecule has 7 heteroatoms. The summed E-state index contributed by atoms with van der Waals surface area (Å²) in [6.45, 7) is 0. The molecule has 0 atom stereocenters. The second kappa shape index (κ2) is 6.74. The number of carbonyl (C=O) groups excluding carboxylic acids is 1. The first-order chi connectivity index (χ1) is 11.6. The fraction of sp³-hybridized carbons (Fsp3) is 0. The van der Waals surface area contributed by atoms with E-state index in [1.807, 2.05) is 0 Å². The van der Waals surface area contributed by atoms with Gasteiger partial charge in [0.05, 0.1) is 23.7 Å². The van der Waals surface area contributed by atoms with Crippen LogP contribution in [0, 0.1) is 5.82 Å². The Morgan fingerprint density at radius 2 is 1.96 bits per heavy atom. The zero-order valence-corrected chi connectivity index (χ0v) is 12.4. The van der Waals surface area contributed by atoms with Crippen molar-refractivity contribution in [1.29, 1.82) is 0 Å². The molecule has 2 aromatic carbocycles. The molecule has 1 amide bonds. The van der Waals surface area contributed by atoms with Crippen LogP contribution in [0.25, 0.3) is 11.3 Å². The molecule has 6 nitrogen and oxygen atoms in total. The molecule has 1 aromatic heterocycles. The Balaban J connectivity index is 1.74. The summed E-state index contributed by atoms with van der Waals surface area (Å²) in [7, 11) is 0. The number of nitrogens with one attached hydrogen (secondary N) is 2. The van der Waals surface area contributed by atoms with Gasteiger partial charge in [-0.2, -0.15) is 10.2 Å². The van der Waals surface area contributed by atoms with Gasteiger partial charge in [-0.3, -0.25) is 9.89 Å². The maximum absolute atomic E-state index is 13.0. The number of benzene rings is 2. The average molecular weight is 324 g/mol. The number of H-pyrrole nitrogens is 1. The first-order valence-corrected chi connectivity index (χ1v) is 7.06. The van der Waals surface area contributed by atoms with Gasteiger partial charge >= 0.3 is 0 Å². The molecule has 0 aliphatic heterocycles. The fourth-order valence-corrected chi connectivity index (χ4v) is 2.13. The number of halogens is 1. The van der Waals surface area contributed by atoms with E-state index in [0.29, 0.717) is 11.3 Å². The molecule has 3 N–H and O–H groups in total. The highest BCUT2D eigenvalue weighted by atomic mass is 19.1. The maximum Gasteiger partial charge on any atom is 0.275 e. The highest BCUT2D eigenvalue weighted by Crippen LogP contribution is 2.20. The first-order valence-electron chi connectivity index (χ1n) is 7.06. The van der Waals surface area contributed by atoms with Gasteiger partial charge in [-0.1, -0.05) is 12.1 Å². The lowest BCUT2D eigenvalue weighted by atomic mass is 10.1. The maximum atomic E-state index is 13.0. The Morgan fingerprint density at radius 1 is 1.21 bits per heavy atom. The minimum Gasteiger partial charge on any atom is -0.507 e. The van der Waals surface area contributed by atoms with Gasteiger partial charge in [0.1, 0.15) is 11.6 Å². The Kier molecular flexibility index (Phi) is 4.33. The van der Waals surface area contributed by atoms with E-state index in [1.54, 1.807) is 24.3 Å². The number of phenols is 1. The van der Waals surface area contributed by atoms with Crippen molar-refractivity contribution in [2.45, 2.75) is 0 Å². The number of hydrogen-bond acceptors (Lipinski definition) is 4. The summed E-state index contributed by atoms with van der Waals surface area (Å²) in [5.74, 6) is -0.986. The zero-order valence-electron chi connectivity index (χ0n) is 12.4. The predicted octanol–water partition coefficient (Wildman–Crippen LogP) is 2.69. The van der Waals surface area contributed by atoms with Crippen molar-refractivity contribution >= 4 is 12.1 Å². The third kappa shape index (κ3) is 3.30. The Labute approximate surface area is 136 Å². The molecule has 120 valence electrons. The van der Waals surface area contributed by atoms with Crippen molar-refractivity contribution in [3.8, 4) is 17.0 Å². The Morgan fingerprint density at radius 3 is 2.71 bits per heavy atom. The number of amides is 1. The smallest absolute Gasteiger partial charge is 0.275 e. The average Bonchev–Trinajstić information content (AvgIpc) is 3.04. The normalized spacial score (nSPS) is 10.9. The highest BCUT2D eigenvalue weighted by molar-refractivity contribution is 5.97. The van der Waals surface area contributed by atoms with Gasteiger partial charge in [0.25, 0.3) is 5.91 Å². The molecular formula is C17H13FN4O2. The van der Waals surface area contributed by atoms with Gasteiger partial charge in [0.2, 0.25) is 0 Å². The predicted molar refractivity (Wildman–Crippen MR) is 87.1 cm³/mol. The Hall–Kier alpha value is -3.48. The van der Waals surface area contributed by atoms with Crippen LogP contribution in [0.3, 0.4) is 0 Å². The number of rotatable bonds is 4. The van der Waals surface area contributed by atoms with Crippen LogP contribution < -0.4 is 5.43 Å². The summed E-state index contributed by atoms with van der Waals surface area (Å²) in [6, 6.07) is 12.1. The van der Waals surface area contributed by atoms with Crippen LogP contribution in [0.4, 0.5) is 4.39 Å². The van der Waals surface area contributed by atoms with Crippen LogP contribution in [0.5, 0.6) is 5.75 Å². The van der Waals surface area contributed by atoms with Crippen LogP contribution in [0.2, 0.25) is 0 Å². The van der Waals surface area contributed by atoms with E-state index >= 15 is 0 Å². The summed E-state index contributed by atoms with van der Waals surface area (Å²) in [5.41, 5.74) is 4.47. The largest absolute Gasteiger partial charge is 0.507 e. The number of para-hydroxylation sites is 1. The van der Waals surface area contributed by atoms with Crippen LogP contribution in [-0.2, 0) is 0 Å². The zero-order chi connectivity index (χ0) is 16.9. The van der Waals surface area contributed by atoms with Gasteiger partial charge < -0.3 is 5.11 Å². The van der Waals surface area contributed by atoms with Gasteiger partial charge in [-0.25, -0.2) is 9.82 Å². The SMILES string of the molecule is O=C(N/N=C/c1cn[nH]c1-c1ccc(F)cc1)c1ccccc1O. The number of hydrazone groups is 1. The molecule has 0 fully saturated rings. The van der Waals surface area contributed by atoms with E-state index in [4.69, 9.17) is 0 Å². The summed E-state index contributed by atoms with van der Waals surface area (Å²) >= 11 is 0. The second-order valence-corrected chi connectivity index (χ2v) is 4.92. The van der Waals surface area contributed by atoms with Crippen LogP contribution in [-0.4, -0.2) is 27.4 Å². The van der Waals surface area contributed by atoms with Crippen molar-refractivity contribution in [1.82, 2.24) is 15.6 Å². The van der Waals surface area contributed by atoms with E-state index in [0.717, 1.165) is 5.56 Å². The first kappa shape index (κ1) is 15.4. The number of aromatic nitrogens is 2. The number of aromatic hydroxyl groups is 1. The Bertz CT molecular complexity index is 888.